The maximum absolute atomic E-state index is 13.0. The second-order valence-corrected chi connectivity index (χ2v) is 12.8. The van der Waals surface area contributed by atoms with Crippen LogP contribution in [0.15, 0.2) is 81.5 Å². The fourth-order valence-corrected chi connectivity index (χ4v) is 7.31. The molecule has 1 nitrogen and oxygen atoms in total. The van der Waals surface area contributed by atoms with Gasteiger partial charge < -0.3 is 0 Å². The van der Waals surface area contributed by atoms with Crippen LogP contribution in [0.3, 0.4) is 0 Å². The molecule has 3 rings (SSSR count). The largest absolute Gasteiger partial charge is 0.282 e. The van der Waals surface area contributed by atoms with E-state index in [1.165, 1.54) is 90.5 Å². The highest BCUT2D eigenvalue weighted by molar-refractivity contribution is 8.14. The molecule has 3 unspecified atom stereocenters. The Kier molecular flexibility index (Phi) is 13.1. The molecule has 0 aromatic heterocycles. The van der Waals surface area contributed by atoms with Gasteiger partial charge in [0.25, 0.3) is 0 Å². The maximum atomic E-state index is 13.0. The first kappa shape index (κ1) is 29.8. The van der Waals surface area contributed by atoms with Gasteiger partial charge in [-0.25, -0.2) is 0 Å². The Labute approximate surface area is 235 Å². The van der Waals surface area contributed by atoms with Crippen LogP contribution in [0.25, 0.3) is 0 Å². The first-order valence-corrected chi connectivity index (χ1v) is 16.1. The topological polar surface area (TPSA) is 17.1 Å². The van der Waals surface area contributed by atoms with Crippen molar-refractivity contribution in [2.24, 2.45) is 11.8 Å². The van der Waals surface area contributed by atoms with E-state index in [1.807, 2.05) is 17.8 Å². The standard InChI is InChI=1S/C34H46OS2/c1-5-7-9-16-26(3)27(4)30-19-12-14-21-33(30)37-34(35)23-15-22-32-28(17-10-8-6-2)24-25-29-18-11-13-20-31(29)36-32/h11-15,18-23,26-28H,5-10,16-17,24-25H2,1-4H3. The number of carbonyl (C=O) groups is 1. The Hall–Kier alpha value is -1.71. The number of thioether (sulfide) groups is 2. The number of benzene rings is 2. The van der Waals surface area contributed by atoms with Gasteiger partial charge in [-0.2, -0.15) is 0 Å². The summed E-state index contributed by atoms with van der Waals surface area (Å²) < 4.78 is 0. The van der Waals surface area contributed by atoms with E-state index in [0.717, 1.165) is 11.3 Å². The van der Waals surface area contributed by atoms with E-state index < -0.39 is 0 Å². The predicted molar refractivity (Wildman–Crippen MR) is 165 cm³/mol. The monoisotopic (exact) mass is 534 g/mol. The van der Waals surface area contributed by atoms with Gasteiger partial charge in [0.2, 0.25) is 5.12 Å². The SMILES string of the molecule is CCCCCC1CCc2ccccc2SC1=CC=CC(=O)Sc1ccccc1C(C)C(C)CCCCC. The average molecular weight is 535 g/mol. The number of carbonyl (C=O) groups excluding carboxylic acids is 1. The summed E-state index contributed by atoms with van der Waals surface area (Å²) >= 11 is 3.29. The Bertz CT molecular complexity index is 1040. The van der Waals surface area contributed by atoms with Crippen molar-refractivity contribution in [3.05, 3.63) is 82.8 Å². The average Bonchev–Trinajstić information content (AvgIpc) is 3.08. The smallest absolute Gasteiger partial charge is 0.216 e. The molecule has 1 aliphatic rings. The van der Waals surface area contributed by atoms with Crippen LogP contribution in [-0.2, 0) is 11.2 Å². The summed E-state index contributed by atoms with van der Waals surface area (Å²) in [7, 11) is 0. The summed E-state index contributed by atoms with van der Waals surface area (Å²) in [6, 6.07) is 17.3. The van der Waals surface area contributed by atoms with Gasteiger partial charge in [0.05, 0.1) is 0 Å². The lowest BCUT2D eigenvalue weighted by atomic mass is 9.85. The first-order valence-electron chi connectivity index (χ1n) is 14.5. The molecule has 0 radical (unpaired) electrons. The molecule has 0 fully saturated rings. The number of unbranched alkanes of at least 4 members (excludes halogenated alkanes) is 4. The van der Waals surface area contributed by atoms with Crippen molar-refractivity contribution < 1.29 is 4.79 Å². The van der Waals surface area contributed by atoms with Crippen LogP contribution < -0.4 is 0 Å². The number of rotatable bonds is 13. The van der Waals surface area contributed by atoms with Crippen LogP contribution in [0.5, 0.6) is 0 Å². The van der Waals surface area contributed by atoms with Gasteiger partial charge in [-0.1, -0.05) is 133 Å². The van der Waals surface area contributed by atoms with Gasteiger partial charge in [-0.3, -0.25) is 4.79 Å². The summed E-state index contributed by atoms with van der Waals surface area (Å²) in [6.07, 6.45) is 18.5. The van der Waals surface area contributed by atoms with Gasteiger partial charge in [-0.05, 0) is 83.0 Å². The summed E-state index contributed by atoms with van der Waals surface area (Å²) in [4.78, 5) is 16.9. The van der Waals surface area contributed by atoms with Crippen LogP contribution >= 0.6 is 23.5 Å². The van der Waals surface area contributed by atoms with Crippen molar-refractivity contribution in [1.82, 2.24) is 0 Å². The van der Waals surface area contributed by atoms with E-state index in [1.54, 1.807) is 6.08 Å². The van der Waals surface area contributed by atoms with Gasteiger partial charge in [0.1, 0.15) is 0 Å². The summed E-state index contributed by atoms with van der Waals surface area (Å²) in [5.74, 6) is 1.64. The fourth-order valence-electron chi connectivity index (χ4n) is 5.18. The molecule has 2 aromatic carbocycles. The third-order valence-electron chi connectivity index (χ3n) is 7.75. The van der Waals surface area contributed by atoms with Crippen molar-refractivity contribution in [2.45, 2.75) is 108 Å². The van der Waals surface area contributed by atoms with Gasteiger partial charge in [0, 0.05) is 9.79 Å². The fraction of sp³-hybridized carbons (Fsp3) is 0.500. The first-order chi connectivity index (χ1) is 18.0. The molecule has 0 spiro atoms. The molecule has 0 N–H and O–H groups in total. The lowest BCUT2D eigenvalue weighted by Crippen LogP contribution is -2.08. The Morgan fingerprint density at radius 3 is 2.54 bits per heavy atom. The second kappa shape index (κ2) is 16.3. The van der Waals surface area contributed by atoms with E-state index in [9.17, 15) is 4.79 Å². The molecule has 0 saturated heterocycles. The highest BCUT2D eigenvalue weighted by atomic mass is 32.2. The minimum Gasteiger partial charge on any atom is -0.282 e. The zero-order chi connectivity index (χ0) is 26.5. The number of hydrogen-bond acceptors (Lipinski definition) is 3. The quantitative estimate of drug-likeness (QED) is 0.144. The lowest BCUT2D eigenvalue weighted by Gasteiger charge is -2.22. The van der Waals surface area contributed by atoms with E-state index in [4.69, 9.17) is 0 Å². The molecule has 37 heavy (non-hydrogen) atoms. The van der Waals surface area contributed by atoms with Gasteiger partial charge in [-0.15, -0.1) is 0 Å². The van der Waals surface area contributed by atoms with E-state index in [-0.39, 0.29) is 5.12 Å². The molecule has 3 heteroatoms. The van der Waals surface area contributed by atoms with Crippen LogP contribution in [0.4, 0.5) is 0 Å². The number of hydrogen-bond donors (Lipinski definition) is 0. The zero-order valence-corrected chi connectivity index (χ0v) is 25.0. The predicted octanol–water partition coefficient (Wildman–Crippen LogP) is 11.0. The highest BCUT2D eigenvalue weighted by Gasteiger charge is 2.21. The van der Waals surface area contributed by atoms with Crippen molar-refractivity contribution in [1.29, 1.82) is 0 Å². The van der Waals surface area contributed by atoms with Crippen molar-refractivity contribution in [2.75, 3.05) is 0 Å². The van der Waals surface area contributed by atoms with Crippen molar-refractivity contribution in [3.8, 4) is 0 Å². The number of fused-ring (bicyclic) bond motifs is 1. The molecular formula is C34H46OS2. The summed E-state index contributed by atoms with van der Waals surface area (Å²) in [6.45, 7) is 9.21. The highest BCUT2D eigenvalue weighted by Crippen LogP contribution is 2.42. The molecule has 0 bridgehead atoms. The van der Waals surface area contributed by atoms with E-state index in [2.05, 4.69) is 82.3 Å². The molecule has 0 aliphatic carbocycles. The third-order valence-corrected chi connectivity index (χ3v) is 10.0. The number of aryl methyl sites for hydroxylation is 1. The molecular weight excluding hydrogens is 489 g/mol. The van der Waals surface area contributed by atoms with Crippen molar-refractivity contribution >= 4 is 28.6 Å². The molecule has 0 saturated carbocycles. The second-order valence-electron chi connectivity index (χ2n) is 10.6. The van der Waals surface area contributed by atoms with Crippen LogP contribution in [-0.4, -0.2) is 5.12 Å². The molecule has 3 atom stereocenters. The summed E-state index contributed by atoms with van der Waals surface area (Å²) in [5, 5.41) is 0.108. The Morgan fingerprint density at radius 2 is 1.73 bits per heavy atom. The summed E-state index contributed by atoms with van der Waals surface area (Å²) in [5.41, 5.74) is 2.77. The van der Waals surface area contributed by atoms with E-state index >= 15 is 0 Å². The lowest BCUT2D eigenvalue weighted by molar-refractivity contribution is -0.107. The van der Waals surface area contributed by atoms with E-state index in [0.29, 0.717) is 17.8 Å². The zero-order valence-electron chi connectivity index (χ0n) is 23.4. The van der Waals surface area contributed by atoms with Crippen LogP contribution in [0.2, 0.25) is 0 Å². The van der Waals surface area contributed by atoms with Gasteiger partial charge >= 0.3 is 0 Å². The Balaban J connectivity index is 1.69. The minimum absolute atomic E-state index is 0.108. The maximum Gasteiger partial charge on any atom is 0.216 e. The third kappa shape index (κ3) is 9.52. The molecule has 0 amide bonds. The van der Waals surface area contributed by atoms with Crippen molar-refractivity contribution in [3.63, 3.8) is 0 Å². The van der Waals surface area contributed by atoms with Gasteiger partial charge in [0.15, 0.2) is 0 Å². The molecule has 2 aromatic rings. The Morgan fingerprint density at radius 1 is 1.00 bits per heavy atom. The minimum atomic E-state index is 0.108. The normalized spacial score (nSPS) is 18.5. The number of allylic oxidation sites excluding steroid dienone is 3. The molecule has 200 valence electrons. The van der Waals surface area contributed by atoms with Crippen LogP contribution in [0, 0.1) is 11.8 Å². The van der Waals surface area contributed by atoms with Crippen LogP contribution in [0.1, 0.15) is 103 Å². The molecule has 1 aliphatic heterocycles. The molecule has 1 heterocycles.